The molecule has 0 amide bonds. The van der Waals surface area contributed by atoms with Crippen molar-refractivity contribution < 1.29 is 4.52 Å². The summed E-state index contributed by atoms with van der Waals surface area (Å²) in [5.74, 6) is 1.43. The lowest BCUT2D eigenvalue weighted by Gasteiger charge is -2.01. The molecule has 6 heteroatoms. The maximum absolute atomic E-state index is 5.72. The maximum atomic E-state index is 5.72. The topological polar surface area (TPSA) is 77.3 Å². The van der Waals surface area contributed by atoms with Gasteiger partial charge in [0.2, 0.25) is 5.82 Å². The number of alkyl halides is 1. The molecule has 2 N–H and O–H groups in total. The monoisotopic (exact) mass is 326 g/mol. The van der Waals surface area contributed by atoms with Crippen LogP contribution in [0.4, 0.5) is 5.69 Å². The van der Waals surface area contributed by atoms with Crippen LogP contribution in [0.5, 0.6) is 0 Å². The summed E-state index contributed by atoms with van der Waals surface area (Å²) in [6.45, 7) is 2.00. The fraction of sp³-hybridized carbons (Fsp3) is 0.118. The smallest absolute Gasteiger partial charge is 0.260 e. The van der Waals surface area contributed by atoms with Crippen molar-refractivity contribution in [2.45, 2.75) is 6.92 Å². The first-order valence-corrected chi connectivity index (χ1v) is 7.60. The van der Waals surface area contributed by atoms with Gasteiger partial charge in [0.15, 0.2) is 0 Å². The lowest BCUT2D eigenvalue weighted by molar-refractivity contribution is 0.432. The molecule has 116 valence electrons. The highest BCUT2D eigenvalue weighted by molar-refractivity contribution is 6.28. The summed E-state index contributed by atoms with van der Waals surface area (Å²) in [7, 11) is 0. The predicted molar refractivity (Wildman–Crippen MR) is 91.9 cm³/mol. The number of amidine groups is 1. The van der Waals surface area contributed by atoms with Crippen molar-refractivity contribution in [2.24, 2.45) is 10.7 Å². The molecule has 0 spiro atoms. The number of hydrogen-bond donors (Lipinski definition) is 1. The zero-order valence-corrected chi connectivity index (χ0v) is 13.3. The zero-order chi connectivity index (χ0) is 16.2. The van der Waals surface area contributed by atoms with Gasteiger partial charge >= 0.3 is 0 Å². The molecule has 0 atom stereocenters. The minimum absolute atomic E-state index is 0.159. The number of aryl methyl sites for hydroxylation is 1. The Hall–Kier alpha value is -2.66. The molecule has 0 aliphatic rings. The van der Waals surface area contributed by atoms with Crippen molar-refractivity contribution >= 4 is 23.1 Å². The van der Waals surface area contributed by atoms with Gasteiger partial charge in [-0.2, -0.15) is 4.98 Å². The van der Waals surface area contributed by atoms with Crippen LogP contribution < -0.4 is 5.73 Å². The lowest BCUT2D eigenvalue weighted by atomic mass is 10.1. The molecule has 0 fully saturated rings. The van der Waals surface area contributed by atoms with E-state index in [2.05, 4.69) is 15.1 Å². The summed E-state index contributed by atoms with van der Waals surface area (Å²) in [4.78, 5) is 8.77. The van der Waals surface area contributed by atoms with E-state index in [4.69, 9.17) is 21.9 Å². The van der Waals surface area contributed by atoms with E-state index in [-0.39, 0.29) is 5.88 Å². The molecule has 0 saturated heterocycles. The third-order valence-electron chi connectivity index (χ3n) is 3.35. The minimum Gasteiger partial charge on any atom is -0.386 e. The number of aliphatic imine (C=N–C) groups is 1. The van der Waals surface area contributed by atoms with Crippen molar-refractivity contribution in [3.05, 3.63) is 54.1 Å². The normalized spacial score (nSPS) is 11.7. The number of nitrogens with two attached hydrogens (primary N) is 1. The van der Waals surface area contributed by atoms with Gasteiger partial charge in [-0.25, -0.2) is 4.99 Å². The summed E-state index contributed by atoms with van der Waals surface area (Å²) < 4.78 is 5.41. The second-order valence-electron chi connectivity index (χ2n) is 4.99. The summed E-state index contributed by atoms with van der Waals surface area (Å²) in [6, 6.07) is 15.3. The van der Waals surface area contributed by atoms with Gasteiger partial charge < -0.3 is 10.3 Å². The summed E-state index contributed by atoms with van der Waals surface area (Å²) >= 11 is 5.69. The molecular weight excluding hydrogens is 312 g/mol. The zero-order valence-electron chi connectivity index (χ0n) is 12.5. The molecular formula is C17H15ClN4O. The number of hydrogen-bond acceptors (Lipinski definition) is 4. The lowest BCUT2D eigenvalue weighted by Crippen LogP contribution is -2.12. The number of halogens is 1. The number of nitrogens with zero attached hydrogens (tertiary/aromatic N) is 3. The van der Waals surface area contributed by atoms with E-state index in [0.717, 1.165) is 11.1 Å². The first-order chi connectivity index (χ1) is 11.2. The number of para-hydroxylation sites is 1. The van der Waals surface area contributed by atoms with Crippen LogP contribution in [0.15, 0.2) is 58.0 Å². The number of rotatable bonds is 4. The molecule has 0 radical (unpaired) electrons. The first-order valence-electron chi connectivity index (χ1n) is 7.07. The Morgan fingerprint density at radius 2 is 1.83 bits per heavy atom. The molecule has 0 bridgehead atoms. The van der Waals surface area contributed by atoms with Crippen LogP contribution in [0.25, 0.3) is 22.8 Å². The van der Waals surface area contributed by atoms with Crippen molar-refractivity contribution in [1.29, 1.82) is 0 Å². The number of benzene rings is 2. The Balaban J connectivity index is 2.03. The van der Waals surface area contributed by atoms with E-state index >= 15 is 0 Å². The van der Waals surface area contributed by atoms with E-state index in [1.165, 1.54) is 0 Å². The largest absolute Gasteiger partial charge is 0.386 e. The van der Waals surface area contributed by atoms with E-state index in [9.17, 15) is 0 Å². The highest BCUT2D eigenvalue weighted by atomic mass is 35.5. The Bertz CT molecular complexity index is 857. The third-order valence-corrected chi connectivity index (χ3v) is 3.62. The average Bonchev–Trinajstić information content (AvgIpc) is 3.05. The van der Waals surface area contributed by atoms with E-state index < -0.39 is 0 Å². The van der Waals surface area contributed by atoms with Crippen molar-refractivity contribution in [1.82, 2.24) is 10.1 Å². The van der Waals surface area contributed by atoms with E-state index in [0.29, 0.717) is 28.8 Å². The molecule has 0 unspecified atom stereocenters. The van der Waals surface area contributed by atoms with Crippen LogP contribution in [-0.4, -0.2) is 21.9 Å². The fourth-order valence-corrected chi connectivity index (χ4v) is 2.26. The Labute approximate surface area is 138 Å². The summed E-state index contributed by atoms with van der Waals surface area (Å²) in [6.07, 6.45) is 0. The van der Waals surface area contributed by atoms with Gasteiger partial charge in [-0.15, -0.1) is 11.6 Å². The molecule has 0 saturated carbocycles. The Kier molecular flexibility index (Phi) is 4.39. The van der Waals surface area contributed by atoms with Gasteiger partial charge in [-0.05, 0) is 24.6 Å². The van der Waals surface area contributed by atoms with Crippen LogP contribution in [0.1, 0.15) is 5.56 Å². The summed E-state index contributed by atoms with van der Waals surface area (Å²) in [5.41, 5.74) is 9.09. The van der Waals surface area contributed by atoms with Crippen molar-refractivity contribution in [3.8, 4) is 22.8 Å². The van der Waals surface area contributed by atoms with Gasteiger partial charge in [0, 0.05) is 5.56 Å². The molecule has 1 aromatic heterocycles. The second kappa shape index (κ2) is 6.62. The van der Waals surface area contributed by atoms with Crippen LogP contribution in [0.3, 0.4) is 0 Å². The van der Waals surface area contributed by atoms with Crippen molar-refractivity contribution in [2.75, 3.05) is 5.88 Å². The maximum Gasteiger partial charge on any atom is 0.260 e. The predicted octanol–water partition coefficient (Wildman–Crippen LogP) is 3.94. The van der Waals surface area contributed by atoms with E-state index in [1.54, 1.807) is 0 Å². The second-order valence-corrected chi connectivity index (χ2v) is 5.26. The van der Waals surface area contributed by atoms with Gasteiger partial charge in [-0.3, -0.25) is 0 Å². The van der Waals surface area contributed by atoms with Crippen LogP contribution >= 0.6 is 11.6 Å². The average molecular weight is 327 g/mol. The van der Waals surface area contributed by atoms with Gasteiger partial charge in [0.1, 0.15) is 5.84 Å². The molecule has 1 heterocycles. The molecule has 23 heavy (non-hydrogen) atoms. The Morgan fingerprint density at radius 3 is 2.57 bits per heavy atom. The molecule has 0 aliphatic carbocycles. The van der Waals surface area contributed by atoms with Gasteiger partial charge in [-0.1, -0.05) is 41.6 Å². The van der Waals surface area contributed by atoms with Gasteiger partial charge in [0.05, 0.1) is 17.1 Å². The molecule has 3 rings (SSSR count). The quantitative estimate of drug-likeness (QED) is 0.447. The standard InChI is InChI=1S/C17H15ClN4O/c1-11-6-2-3-7-12(11)16-21-17(23-22-16)13-8-4-5-9-14(13)20-15(19)10-18/h2-9H,10H2,1H3,(H2,19,20). The fourth-order valence-electron chi connectivity index (χ4n) is 2.20. The molecule has 2 aromatic carbocycles. The Morgan fingerprint density at radius 1 is 1.13 bits per heavy atom. The van der Waals surface area contributed by atoms with Crippen LogP contribution in [0.2, 0.25) is 0 Å². The molecule has 0 aliphatic heterocycles. The highest BCUT2D eigenvalue weighted by Gasteiger charge is 2.14. The van der Waals surface area contributed by atoms with Crippen molar-refractivity contribution in [3.63, 3.8) is 0 Å². The number of aromatic nitrogens is 2. The summed E-state index contributed by atoms with van der Waals surface area (Å²) in [5, 5.41) is 4.07. The third kappa shape index (κ3) is 3.24. The highest BCUT2D eigenvalue weighted by Crippen LogP contribution is 2.31. The van der Waals surface area contributed by atoms with E-state index in [1.807, 2.05) is 55.5 Å². The molecule has 5 nitrogen and oxygen atoms in total. The minimum atomic E-state index is 0.159. The molecule has 3 aromatic rings. The van der Waals surface area contributed by atoms with Crippen LogP contribution in [-0.2, 0) is 0 Å². The SMILES string of the molecule is Cc1ccccc1-c1noc(-c2ccccc2N=C(N)CCl)n1. The van der Waals surface area contributed by atoms with Gasteiger partial charge in [0.25, 0.3) is 5.89 Å². The first kappa shape index (κ1) is 15.2. The van der Waals surface area contributed by atoms with Crippen LogP contribution in [0, 0.1) is 6.92 Å².